The lowest BCUT2D eigenvalue weighted by Gasteiger charge is -2.18. The van der Waals surface area contributed by atoms with Crippen molar-refractivity contribution >= 4 is 11.8 Å². The standard InChI is InChI=1S/C16H16FNS/c17-13-7-3-1-5-11(13)9-14(18)16-10-12-6-2-4-8-15(12)19-16/h1-8,14,16H,9-10,18H2. The van der Waals surface area contributed by atoms with Crippen molar-refractivity contribution in [3.8, 4) is 0 Å². The zero-order chi connectivity index (χ0) is 13.2. The Morgan fingerprint density at radius 2 is 1.89 bits per heavy atom. The van der Waals surface area contributed by atoms with Crippen LogP contribution in [-0.4, -0.2) is 11.3 Å². The lowest BCUT2D eigenvalue weighted by atomic mass is 9.99. The van der Waals surface area contributed by atoms with Gasteiger partial charge in [0.1, 0.15) is 5.82 Å². The van der Waals surface area contributed by atoms with E-state index in [1.165, 1.54) is 16.5 Å². The Kier molecular flexibility index (Phi) is 3.58. The predicted octanol–water partition coefficient (Wildman–Crippen LogP) is 3.41. The van der Waals surface area contributed by atoms with Gasteiger partial charge in [-0.05, 0) is 36.1 Å². The highest BCUT2D eigenvalue weighted by molar-refractivity contribution is 8.00. The number of hydrogen-bond acceptors (Lipinski definition) is 2. The maximum atomic E-state index is 13.6. The molecule has 0 radical (unpaired) electrons. The molecule has 19 heavy (non-hydrogen) atoms. The van der Waals surface area contributed by atoms with Gasteiger partial charge >= 0.3 is 0 Å². The smallest absolute Gasteiger partial charge is 0.126 e. The lowest BCUT2D eigenvalue weighted by molar-refractivity contribution is 0.575. The largest absolute Gasteiger partial charge is 0.326 e. The van der Waals surface area contributed by atoms with Gasteiger partial charge in [-0.25, -0.2) is 4.39 Å². The summed E-state index contributed by atoms with van der Waals surface area (Å²) in [6.07, 6.45) is 1.58. The van der Waals surface area contributed by atoms with Crippen LogP contribution in [0.25, 0.3) is 0 Å². The molecule has 2 aromatic carbocycles. The van der Waals surface area contributed by atoms with Gasteiger partial charge in [-0.1, -0.05) is 36.4 Å². The highest BCUT2D eigenvalue weighted by Gasteiger charge is 2.27. The van der Waals surface area contributed by atoms with E-state index < -0.39 is 0 Å². The quantitative estimate of drug-likeness (QED) is 0.927. The normalized spacial score (nSPS) is 19.2. The minimum absolute atomic E-state index is 0.0192. The van der Waals surface area contributed by atoms with E-state index in [-0.39, 0.29) is 11.9 Å². The molecule has 1 nitrogen and oxygen atoms in total. The van der Waals surface area contributed by atoms with Crippen molar-refractivity contribution < 1.29 is 4.39 Å². The van der Waals surface area contributed by atoms with Crippen molar-refractivity contribution in [1.29, 1.82) is 0 Å². The highest BCUT2D eigenvalue weighted by atomic mass is 32.2. The zero-order valence-corrected chi connectivity index (χ0v) is 11.4. The molecule has 0 aromatic heterocycles. The Balaban J connectivity index is 1.70. The molecule has 98 valence electrons. The second-order valence-electron chi connectivity index (χ2n) is 4.93. The third-order valence-corrected chi connectivity index (χ3v) is 5.03. The third-order valence-electron chi connectivity index (χ3n) is 3.56. The van der Waals surface area contributed by atoms with Gasteiger partial charge in [-0.15, -0.1) is 11.8 Å². The van der Waals surface area contributed by atoms with E-state index in [2.05, 4.69) is 24.3 Å². The molecule has 0 amide bonds. The maximum Gasteiger partial charge on any atom is 0.126 e. The molecule has 0 aliphatic carbocycles. The van der Waals surface area contributed by atoms with Crippen molar-refractivity contribution in [1.82, 2.24) is 0 Å². The molecule has 1 aliphatic heterocycles. The number of nitrogens with two attached hydrogens (primary N) is 1. The highest BCUT2D eigenvalue weighted by Crippen LogP contribution is 2.38. The Labute approximate surface area is 117 Å². The van der Waals surface area contributed by atoms with Gasteiger partial charge in [0.15, 0.2) is 0 Å². The summed E-state index contributed by atoms with van der Waals surface area (Å²) in [5.74, 6) is -0.154. The zero-order valence-electron chi connectivity index (χ0n) is 10.6. The first-order valence-electron chi connectivity index (χ1n) is 6.47. The summed E-state index contributed by atoms with van der Waals surface area (Å²) in [5.41, 5.74) is 8.35. The van der Waals surface area contributed by atoms with Crippen molar-refractivity contribution in [2.45, 2.75) is 29.0 Å². The predicted molar refractivity (Wildman–Crippen MR) is 77.9 cm³/mol. The van der Waals surface area contributed by atoms with Gasteiger partial charge in [-0.2, -0.15) is 0 Å². The van der Waals surface area contributed by atoms with E-state index in [4.69, 9.17) is 5.73 Å². The van der Waals surface area contributed by atoms with Crippen LogP contribution in [-0.2, 0) is 12.8 Å². The SMILES string of the molecule is NC(Cc1ccccc1F)C1Cc2ccccc2S1. The topological polar surface area (TPSA) is 26.0 Å². The number of hydrogen-bond donors (Lipinski definition) is 1. The van der Waals surface area contributed by atoms with Crippen molar-refractivity contribution in [2.24, 2.45) is 5.73 Å². The maximum absolute atomic E-state index is 13.6. The van der Waals surface area contributed by atoms with Crippen LogP contribution < -0.4 is 5.73 Å². The van der Waals surface area contributed by atoms with E-state index in [0.717, 1.165) is 6.42 Å². The lowest BCUT2D eigenvalue weighted by Crippen LogP contribution is -2.34. The molecule has 0 bridgehead atoms. The average Bonchev–Trinajstić information content (AvgIpc) is 2.85. The molecular formula is C16H16FNS. The molecule has 0 saturated carbocycles. The van der Waals surface area contributed by atoms with Crippen LogP contribution >= 0.6 is 11.8 Å². The molecule has 3 heteroatoms. The minimum atomic E-state index is -0.154. The van der Waals surface area contributed by atoms with Crippen LogP contribution in [0.4, 0.5) is 4.39 Å². The Morgan fingerprint density at radius 1 is 1.16 bits per heavy atom. The van der Waals surface area contributed by atoms with Crippen LogP contribution in [0.15, 0.2) is 53.4 Å². The fraction of sp³-hybridized carbons (Fsp3) is 0.250. The number of fused-ring (bicyclic) bond motifs is 1. The van der Waals surface area contributed by atoms with E-state index in [0.29, 0.717) is 17.2 Å². The Hall–Kier alpha value is -1.32. The summed E-state index contributed by atoms with van der Waals surface area (Å²) >= 11 is 1.82. The van der Waals surface area contributed by atoms with Crippen LogP contribution in [0.5, 0.6) is 0 Å². The van der Waals surface area contributed by atoms with E-state index in [9.17, 15) is 4.39 Å². The first-order chi connectivity index (χ1) is 9.24. The first kappa shape index (κ1) is 12.7. The molecular weight excluding hydrogens is 257 g/mol. The van der Waals surface area contributed by atoms with Gasteiger partial charge in [-0.3, -0.25) is 0 Å². The summed E-state index contributed by atoms with van der Waals surface area (Å²) in [4.78, 5) is 1.32. The van der Waals surface area contributed by atoms with E-state index in [1.807, 2.05) is 23.9 Å². The van der Waals surface area contributed by atoms with E-state index >= 15 is 0 Å². The molecule has 2 N–H and O–H groups in total. The van der Waals surface area contributed by atoms with Gasteiger partial charge in [0.2, 0.25) is 0 Å². The molecule has 2 aromatic rings. The summed E-state index contributed by atoms with van der Waals surface area (Å²) in [7, 11) is 0. The number of halogens is 1. The molecule has 0 spiro atoms. The minimum Gasteiger partial charge on any atom is -0.326 e. The molecule has 1 aliphatic rings. The Morgan fingerprint density at radius 3 is 2.68 bits per heavy atom. The van der Waals surface area contributed by atoms with Crippen molar-refractivity contribution in [3.05, 3.63) is 65.5 Å². The molecule has 0 saturated heterocycles. The summed E-state index contributed by atoms with van der Waals surface area (Å²) in [6.45, 7) is 0. The Bertz CT molecular complexity index is 559. The molecule has 2 atom stereocenters. The number of benzene rings is 2. The first-order valence-corrected chi connectivity index (χ1v) is 7.35. The fourth-order valence-electron chi connectivity index (χ4n) is 2.50. The van der Waals surface area contributed by atoms with Crippen LogP contribution in [0.3, 0.4) is 0 Å². The second-order valence-corrected chi connectivity index (χ2v) is 6.21. The van der Waals surface area contributed by atoms with Crippen LogP contribution in [0.1, 0.15) is 11.1 Å². The van der Waals surface area contributed by atoms with Crippen molar-refractivity contribution in [3.63, 3.8) is 0 Å². The number of rotatable bonds is 3. The average molecular weight is 273 g/mol. The van der Waals surface area contributed by atoms with Gasteiger partial charge < -0.3 is 5.73 Å². The summed E-state index contributed by atoms with van der Waals surface area (Å²) < 4.78 is 13.6. The van der Waals surface area contributed by atoms with Gasteiger partial charge in [0.05, 0.1) is 0 Å². The molecule has 1 heterocycles. The van der Waals surface area contributed by atoms with Crippen LogP contribution in [0, 0.1) is 5.82 Å². The second kappa shape index (κ2) is 5.35. The third kappa shape index (κ3) is 2.67. The van der Waals surface area contributed by atoms with Crippen molar-refractivity contribution in [2.75, 3.05) is 0 Å². The molecule has 3 rings (SSSR count). The molecule has 2 unspecified atom stereocenters. The van der Waals surface area contributed by atoms with Gasteiger partial charge in [0, 0.05) is 16.2 Å². The summed E-state index contributed by atoms with van der Waals surface area (Å²) in [5, 5.41) is 0.344. The number of thioether (sulfide) groups is 1. The van der Waals surface area contributed by atoms with E-state index in [1.54, 1.807) is 6.07 Å². The van der Waals surface area contributed by atoms with Crippen LogP contribution in [0.2, 0.25) is 0 Å². The molecule has 0 fully saturated rings. The monoisotopic (exact) mass is 273 g/mol. The summed E-state index contributed by atoms with van der Waals surface area (Å²) in [6, 6.07) is 15.3. The fourth-order valence-corrected chi connectivity index (χ4v) is 3.82. The van der Waals surface area contributed by atoms with Gasteiger partial charge in [0.25, 0.3) is 0 Å².